The molecule has 10 nitrogen and oxygen atoms in total. The zero-order chi connectivity index (χ0) is 25.8. The zero-order valence-corrected chi connectivity index (χ0v) is 20.3. The Bertz CT molecular complexity index is 1510. The van der Waals surface area contributed by atoms with E-state index in [4.69, 9.17) is 4.74 Å². The highest BCUT2D eigenvalue weighted by Gasteiger charge is 2.20. The maximum atomic E-state index is 13.3. The molecule has 0 bridgehead atoms. The van der Waals surface area contributed by atoms with Crippen molar-refractivity contribution >= 4 is 28.7 Å². The van der Waals surface area contributed by atoms with E-state index < -0.39 is 29.7 Å². The summed E-state index contributed by atoms with van der Waals surface area (Å²) in [6.45, 7) is 5.58. The lowest BCUT2D eigenvalue weighted by atomic mass is 10.2. The number of fused-ring (bicyclic) bond motifs is 1. The standard InChI is InChI=1S/C26H27N5O5/c1-4-29-16-27-23-22(29)24(33)31(26(35)30(23)14-18-8-6-5-7-9-18)15-21(32)28-20-12-10-19(11-13-20)25(34)36-17(2)3/h5-13,16-17H,4,14-15H2,1-3H3,(H,28,32). The van der Waals surface area contributed by atoms with Crippen molar-refractivity contribution in [2.75, 3.05) is 5.32 Å². The molecule has 0 atom stereocenters. The topological polar surface area (TPSA) is 117 Å². The van der Waals surface area contributed by atoms with Crippen molar-refractivity contribution in [2.24, 2.45) is 0 Å². The van der Waals surface area contributed by atoms with E-state index in [0.717, 1.165) is 10.1 Å². The first-order chi connectivity index (χ1) is 17.3. The summed E-state index contributed by atoms with van der Waals surface area (Å²) in [5.41, 5.74) is 0.946. The summed E-state index contributed by atoms with van der Waals surface area (Å²) in [7, 11) is 0. The van der Waals surface area contributed by atoms with Gasteiger partial charge in [0.25, 0.3) is 5.56 Å². The van der Waals surface area contributed by atoms with E-state index in [0.29, 0.717) is 17.8 Å². The van der Waals surface area contributed by atoms with E-state index in [1.807, 2.05) is 37.3 Å². The Morgan fingerprint density at radius 1 is 1.00 bits per heavy atom. The molecule has 36 heavy (non-hydrogen) atoms. The van der Waals surface area contributed by atoms with Crippen LogP contribution in [0, 0.1) is 0 Å². The van der Waals surface area contributed by atoms with Crippen LogP contribution in [0.25, 0.3) is 11.2 Å². The number of hydrogen-bond acceptors (Lipinski definition) is 6. The molecule has 186 valence electrons. The number of esters is 1. The highest BCUT2D eigenvalue weighted by molar-refractivity contribution is 5.93. The Labute approximate surface area is 206 Å². The van der Waals surface area contributed by atoms with Crippen LogP contribution in [-0.4, -0.2) is 36.7 Å². The number of carbonyl (C=O) groups is 2. The summed E-state index contributed by atoms with van der Waals surface area (Å²) in [5, 5.41) is 2.67. The molecular weight excluding hydrogens is 462 g/mol. The van der Waals surface area contributed by atoms with Gasteiger partial charge in [0.1, 0.15) is 6.54 Å². The lowest BCUT2D eigenvalue weighted by Gasteiger charge is -2.13. The molecule has 0 saturated heterocycles. The van der Waals surface area contributed by atoms with E-state index in [1.54, 1.807) is 30.5 Å². The van der Waals surface area contributed by atoms with Crippen LogP contribution in [0.3, 0.4) is 0 Å². The van der Waals surface area contributed by atoms with E-state index >= 15 is 0 Å². The van der Waals surface area contributed by atoms with Gasteiger partial charge in [-0.2, -0.15) is 0 Å². The number of nitrogens with zero attached hydrogens (tertiary/aromatic N) is 4. The van der Waals surface area contributed by atoms with Crippen molar-refractivity contribution in [1.29, 1.82) is 0 Å². The van der Waals surface area contributed by atoms with Crippen LogP contribution in [0.5, 0.6) is 0 Å². The van der Waals surface area contributed by atoms with Crippen molar-refractivity contribution in [3.63, 3.8) is 0 Å². The van der Waals surface area contributed by atoms with Crippen molar-refractivity contribution in [3.05, 3.63) is 92.9 Å². The van der Waals surface area contributed by atoms with Gasteiger partial charge < -0.3 is 14.6 Å². The van der Waals surface area contributed by atoms with Gasteiger partial charge in [0.05, 0.1) is 24.5 Å². The SMILES string of the molecule is CCn1cnc2c1c(=O)n(CC(=O)Nc1ccc(C(=O)OC(C)C)cc1)c(=O)n2Cc1ccccc1. The van der Waals surface area contributed by atoms with Gasteiger partial charge in [0.2, 0.25) is 5.91 Å². The number of imidazole rings is 1. The van der Waals surface area contributed by atoms with Crippen molar-refractivity contribution in [2.45, 2.75) is 46.5 Å². The number of hydrogen-bond donors (Lipinski definition) is 1. The molecular formula is C26H27N5O5. The van der Waals surface area contributed by atoms with Gasteiger partial charge in [-0.15, -0.1) is 0 Å². The Morgan fingerprint density at radius 3 is 2.33 bits per heavy atom. The van der Waals surface area contributed by atoms with E-state index in [-0.39, 0.29) is 23.8 Å². The minimum atomic E-state index is -0.625. The van der Waals surface area contributed by atoms with Crippen LogP contribution in [0.15, 0.2) is 70.5 Å². The molecule has 4 aromatic rings. The van der Waals surface area contributed by atoms with Gasteiger partial charge >= 0.3 is 11.7 Å². The highest BCUT2D eigenvalue weighted by atomic mass is 16.5. The molecule has 2 aromatic carbocycles. The molecule has 0 aliphatic heterocycles. The number of rotatable bonds is 8. The number of aromatic nitrogens is 4. The van der Waals surface area contributed by atoms with Crippen LogP contribution in [0.2, 0.25) is 0 Å². The molecule has 1 amide bonds. The molecule has 10 heteroatoms. The first-order valence-corrected chi connectivity index (χ1v) is 11.6. The summed E-state index contributed by atoms with van der Waals surface area (Å²) < 4.78 is 9.13. The average molecular weight is 490 g/mol. The van der Waals surface area contributed by atoms with Crippen LogP contribution in [0.4, 0.5) is 5.69 Å². The van der Waals surface area contributed by atoms with Crippen LogP contribution in [-0.2, 0) is 29.2 Å². The summed E-state index contributed by atoms with van der Waals surface area (Å²) in [4.78, 5) is 55.7. The molecule has 0 aliphatic carbocycles. The number of benzene rings is 2. The third-order valence-corrected chi connectivity index (χ3v) is 5.56. The van der Waals surface area contributed by atoms with E-state index in [1.165, 1.54) is 23.0 Å². The lowest BCUT2D eigenvalue weighted by molar-refractivity contribution is -0.116. The predicted octanol–water partition coefficient (Wildman–Crippen LogP) is 2.63. The minimum absolute atomic E-state index is 0.201. The van der Waals surface area contributed by atoms with Gasteiger partial charge in [-0.05, 0) is 50.6 Å². The first kappa shape index (κ1) is 24.6. The van der Waals surface area contributed by atoms with E-state index in [2.05, 4.69) is 10.3 Å². The quantitative estimate of drug-likeness (QED) is 0.380. The summed E-state index contributed by atoms with van der Waals surface area (Å²) in [6.07, 6.45) is 1.27. The molecule has 0 radical (unpaired) electrons. The number of carbonyl (C=O) groups excluding carboxylic acids is 2. The molecule has 0 aliphatic rings. The second-order valence-corrected chi connectivity index (χ2v) is 8.53. The van der Waals surface area contributed by atoms with Gasteiger partial charge in [-0.3, -0.25) is 14.2 Å². The molecule has 2 aromatic heterocycles. The maximum Gasteiger partial charge on any atom is 0.338 e. The van der Waals surface area contributed by atoms with Gasteiger partial charge in [-0.1, -0.05) is 30.3 Å². The normalized spacial score (nSPS) is 11.1. The lowest BCUT2D eigenvalue weighted by Crippen LogP contribution is -2.43. The van der Waals surface area contributed by atoms with Crippen LogP contribution >= 0.6 is 0 Å². The molecule has 1 N–H and O–H groups in total. The number of amides is 1. The summed E-state index contributed by atoms with van der Waals surface area (Å²) in [5.74, 6) is -1.02. The number of anilines is 1. The highest BCUT2D eigenvalue weighted by Crippen LogP contribution is 2.12. The smallest absolute Gasteiger partial charge is 0.338 e. The second kappa shape index (κ2) is 10.4. The summed E-state index contributed by atoms with van der Waals surface area (Å²) >= 11 is 0. The average Bonchev–Trinajstić information content (AvgIpc) is 3.29. The Balaban J connectivity index is 1.63. The second-order valence-electron chi connectivity index (χ2n) is 8.53. The fourth-order valence-electron chi connectivity index (χ4n) is 3.84. The Hall–Kier alpha value is -4.47. The molecule has 0 spiro atoms. The predicted molar refractivity (Wildman–Crippen MR) is 135 cm³/mol. The largest absolute Gasteiger partial charge is 0.459 e. The van der Waals surface area contributed by atoms with Gasteiger partial charge in [-0.25, -0.2) is 19.1 Å². The number of nitrogens with one attached hydrogen (secondary N) is 1. The van der Waals surface area contributed by atoms with Gasteiger partial charge in [0, 0.05) is 12.2 Å². The molecule has 0 fully saturated rings. The van der Waals surface area contributed by atoms with Crippen molar-refractivity contribution in [1.82, 2.24) is 18.7 Å². The number of aryl methyl sites for hydroxylation is 1. The molecule has 0 unspecified atom stereocenters. The van der Waals surface area contributed by atoms with Crippen molar-refractivity contribution < 1.29 is 14.3 Å². The fraction of sp³-hybridized carbons (Fsp3) is 0.269. The Morgan fingerprint density at radius 2 is 1.69 bits per heavy atom. The van der Waals surface area contributed by atoms with Crippen LogP contribution < -0.4 is 16.6 Å². The monoisotopic (exact) mass is 489 g/mol. The zero-order valence-electron chi connectivity index (χ0n) is 20.3. The fourth-order valence-corrected chi connectivity index (χ4v) is 3.84. The first-order valence-electron chi connectivity index (χ1n) is 11.6. The molecule has 4 rings (SSSR count). The van der Waals surface area contributed by atoms with E-state index in [9.17, 15) is 19.2 Å². The maximum absolute atomic E-state index is 13.3. The Kier molecular flexibility index (Phi) is 7.14. The number of ether oxygens (including phenoxy) is 1. The molecule has 0 saturated carbocycles. The van der Waals surface area contributed by atoms with Crippen LogP contribution in [0.1, 0.15) is 36.7 Å². The van der Waals surface area contributed by atoms with Gasteiger partial charge in [0.15, 0.2) is 11.2 Å². The minimum Gasteiger partial charge on any atom is -0.459 e. The summed E-state index contributed by atoms with van der Waals surface area (Å²) in [6, 6.07) is 15.5. The molecule has 2 heterocycles. The van der Waals surface area contributed by atoms with Crippen molar-refractivity contribution in [3.8, 4) is 0 Å². The third kappa shape index (κ3) is 5.12. The third-order valence-electron chi connectivity index (χ3n) is 5.56.